The zero-order valence-electron chi connectivity index (χ0n) is 10.5. The Balaban J connectivity index is 2.94. The molecule has 0 atom stereocenters. The summed E-state index contributed by atoms with van der Waals surface area (Å²) in [7, 11) is -1.97. The third-order valence-electron chi connectivity index (χ3n) is 2.71. The molecule has 0 heterocycles. The van der Waals surface area contributed by atoms with E-state index in [1.54, 1.807) is 31.3 Å². The maximum Gasteiger partial charge on any atom is 0.243 e. The summed E-state index contributed by atoms with van der Waals surface area (Å²) in [6.45, 7) is 3.76. The van der Waals surface area contributed by atoms with Crippen LogP contribution in [0.1, 0.15) is 18.4 Å². The van der Waals surface area contributed by atoms with E-state index in [1.165, 1.54) is 10.4 Å². The van der Waals surface area contributed by atoms with E-state index >= 15 is 0 Å². The molecule has 0 radical (unpaired) electrons. The van der Waals surface area contributed by atoms with Crippen LogP contribution in [0.2, 0.25) is 0 Å². The fourth-order valence-electron chi connectivity index (χ4n) is 1.63. The van der Waals surface area contributed by atoms with Gasteiger partial charge in [-0.2, -0.15) is 0 Å². The van der Waals surface area contributed by atoms with Gasteiger partial charge in [-0.15, -0.1) is 6.58 Å². The van der Waals surface area contributed by atoms with E-state index in [2.05, 4.69) is 6.58 Å². The molecule has 0 aliphatic rings. The van der Waals surface area contributed by atoms with Gasteiger partial charge in [0.05, 0.1) is 11.5 Å². The molecule has 0 fully saturated rings. The SMILES string of the molecule is C=CCCCN(C)S(=O)(=O)c1ccccc1CO. The highest BCUT2D eigenvalue weighted by Gasteiger charge is 2.22. The van der Waals surface area contributed by atoms with E-state index in [0.717, 1.165) is 12.8 Å². The summed E-state index contributed by atoms with van der Waals surface area (Å²) in [4.78, 5) is 0.175. The molecule has 18 heavy (non-hydrogen) atoms. The minimum absolute atomic E-state index is 0.175. The van der Waals surface area contributed by atoms with Crippen LogP contribution in [0.4, 0.5) is 0 Å². The third-order valence-corrected chi connectivity index (χ3v) is 4.67. The summed E-state index contributed by atoms with van der Waals surface area (Å²) >= 11 is 0. The van der Waals surface area contributed by atoms with Gasteiger partial charge in [0.25, 0.3) is 0 Å². The highest BCUT2D eigenvalue weighted by atomic mass is 32.2. The molecule has 0 spiro atoms. The van der Waals surface area contributed by atoms with Crippen molar-refractivity contribution in [1.29, 1.82) is 0 Å². The fraction of sp³-hybridized carbons (Fsp3) is 0.385. The second-order valence-corrected chi connectivity index (χ2v) is 6.04. The molecule has 0 saturated carbocycles. The highest BCUT2D eigenvalue weighted by molar-refractivity contribution is 7.89. The van der Waals surface area contributed by atoms with Crippen LogP contribution in [0.5, 0.6) is 0 Å². The topological polar surface area (TPSA) is 57.6 Å². The number of rotatable bonds is 7. The van der Waals surface area contributed by atoms with Crippen LogP contribution >= 0.6 is 0 Å². The second kappa shape index (κ2) is 6.68. The number of hydrogen-bond acceptors (Lipinski definition) is 3. The fourth-order valence-corrected chi connectivity index (χ4v) is 3.05. The molecule has 0 amide bonds. The van der Waals surface area contributed by atoms with E-state index in [1.807, 2.05) is 0 Å². The van der Waals surface area contributed by atoms with Crippen molar-refractivity contribution in [3.63, 3.8) is 0 Å². The number of unbranched alkanes of at least 4 members (excludes halogenated alkanes) is 1. The zero-order chi connectivity index (χ0) is 13.6. The Bertz CT molecular complexity index is 497. The lowest BCUT2D eigenvalue weighted by Crippen LogP contribution is -2.28. The van der Waals surface area contributed by atoms with Crippen molar-refractivity contribution in [3.8, 4) is 0 Å². The lowest BCUT2D eigenvalue weighted by atomic mass is 10.2. The number of allylic oxidation sites excluding steroid dienone is 1. The molecule has 4 nitrogen and oxygen atoms in total. The number of aliphatic hydroxyl groups is 1. The highest BCUT2D eigenvalue weighted by Crippen LogP contribution is 2.19. The summed E-state index contributed by atoms with van der Waals surface area (Å²) in [6.07, 6.45) is 3.28. The van der Waals surface area contributed by atoms with Gasteiger partial charge in [0.1, 0.15) is 0 Å². The maximum absolute atomic E-state index is 12.3. The van der Waals surface area contributed by atoms with Crippen molar-refractivity contribution in [2.75, 3.05) is 13.6 Å². The van der Waals surface area contributed by atoms with Crippen LogP contribution < -0.4 is 0 Å². The monoisotopic (exact) mass is 269 g/mol. The van der Waals surface area contributed by atoms with Crippen LogP contribution in [0, 0.1) is 0 Å². The van der Waals surface area contributed by atoms with Gasteiger partial charge in [-0.05, 0) is 24.5 Å². The molecular formula is C13H19NO3S. The number of sulfonamides is 1. The van der Waals surface area contributed by atoms with Gasteiger partial charge in [-0.3, -0.25) is 0 Å². The molecule has 0 unspecified atom stereocenters. The first-order chi connectivity index (χ1) is 8.54. The Kier molecular flexibility index (Phi) is 5.53. The Labute approximate surface area is 109 Å². The van der Waals surface area contributed by atoms with Gasteiger partial charge >= 0.3 is 0 Å². The summed E-state index contributed by atoms with van der Waals surface area (Å²) < 4.78 is 25.9. The molecule has 1 rings (SSSR count). The number of benzene rings is 1. The van der Waals surface area contributed by atoms with Crippen LogP contribution in [-0.2, 0) is 16.6 Å². The first-order valence-corrected chi connectivity index (χ1v) is 7.24. The lowest BCUT2D eigenvalue weighted by Gasteiger charge is -2.18. The summed E-state index contributed by atoms with van der Waals surface area (Å²) in [5, 5.41) is 9.18. The Hall–Kier alpha value is -1.17. The standard InChI is InChI=1S/C13H19NO3S/c1-3-4-7-10-14(2)18(16,17)13-9-6-5-8-12(13)11-15/h3,5-6,8-9,15H,1,4,7,10-11H2,2H3. The van der Waals surface area contributed by atoms with E-state index in [4.69, 9.17) is 0 Å². The smallest absolute Gasteiger partial charge is 0.243 e. The quantitative estimate of drug-likeness (QED) is 0.606. The lowest BCUT2D eigenvalue weighted by molar-refractivity contribution is 0.278. The van der Waals surface area contributed by atoms with Gasteiger partial charge in [0.15, 0.2) is 0 Å². The predicted octanol–water partition coefficient (Wildman–Crippen LogP) is 1.77. The largest absolute Gasteiger partial charge is 0.392 e. The van der Waals surface area contributed by atoms with E-state index in [9.17, 15) is 13.5 Å². The van der Waals surface area contributed by atoms with E-state index < -0.39 is 10.0 Å². The van der Waals surface area contributed by atoms with Gasteiger partial charge in [-0.1, -0.05) is 24.3 Å². The Morgan fingerprint density at radius 3 is 2.67 bits per heavy atom. The summed E-state index contributed by atoms with van der Waals surface area (Å²) in [5.41, 5.74) is 0.424. The summed E-state index contributed by atoms with van der Waals surface area (Å²) in [6, 6.07) is 6.50. The van der Waals surface area contributed by atoms with Crippen molar-refractivity contribution in [1.82, 2.24) is 4.31 Å². The number of nitrogens with zero attached hydrogens (tertiary/aromatic N) is 1. The van der Waals surface area contributed by atoms with Crippen LogP contribution in [0.25, 0.3) is 0 Å². The molecule has 5 heteroatoms. The van der Waals surface area contributed by atoms with Crippen molar-refractivity contribution in [2.24, 2.45) is 0 Å². The van der Waals surface area contributed by atoms with Crippen molar-refractivity contribution < 1.29 is 13.5 Å². The van der Waals surface area contributed by atoms with Gasteiger partial charge in [0, 0.05) is 13.6 Å². The van der Waals surface area contributed by atoms with Crippen LogP contribution in [0.3, 0.4) is 0 Å². The predicted molar refractivity (Wildman–Crippen MR) is 71.6 cm³/mol. The molecule has 0 aliphatic carbocycles. The summed E-state index contributed by atoms with van der Waals surface area (Å²) in [5.74, 6) is 0. The first-order valence-electron chi connectivity index (χ1n) is 5.80. The molecular weight excluding hydrogens is 250 g/mol. The molecule has 1 aromatic carbocycles. The molecule has 0 aromatic heterocycles. The minimum Gasteiger partial charge on any atom is -0.392 e. The average molecular weight is 269 g/mol. The first kappa shape index (κ1) is 14.9. The van der Waals surface area contributed by atoms with Crippen molar-refractivity contribution >= 4 is 10.0 Å². The van der Waals surface area contributed by atoms with E-state index in [0.29, 0.717) is 12.1 Å². The van der Waals surface area contributed by atoms with Crippen molar-refractivity contribution in [3.05, 3.63) is 42.5 Å². The van der Waals surface area contributed by atoms with Crippen LogP contribution in [-0.4, -0.2) is 31.4 Å². The van der Waals surface area contributed by atoms with Gasteiger partial charge in [0.2, 0.25) is 10.0 Å². The molecule has 0 saturated heterocycles. The average Bonchev–Trinajstić information content (AvgIpc) is 2.38. The normalized spacial score (nSPS) is 11.7. The minimum atomic E-state index is -3.52. The number of aliphatic hydroxyl groups excluding tert-OH is 1. The van der Waals surface area contributed by atoms with Gasteiger partial charge < -0.3 is 5.11 Å². The molecule has 1 aromatic rings. The third kappa shape index (κ3) is 3.41. The second-order valence-electron chi connectivity index (χ2n) is 4.02. The molecule has 1 N–H and O–H groups in total. The zero-order valence-corrected chi connectivity index (χ0v) is 11.4. The van der Waals surface area contributed by atoms with Gasteiger partial charge in [-0.25, -0.2) is 12.7 Å². The molecule has 0 bridgehead atoms. The van der Waals surface area contributed by atoms with E-state index in [-0.39, 0.29) is 11.5 Å². The Morgan fingerprint density at radius 2 is 2.06 bits per heavy atom. The van der Waals surface area contributed by atoms with Crippen LogP contribution in [0.15, 0.2) is 41.8 Å². The molecule has 100 valence electrons. The Morgan fingerprint density at radius 1 is 1.39 bits per heavy atom. The molecule has 0 aliphatic heterocycles. The van der Waals surface area contributed by atoms with Crippen molar-refractivity contribution in [2.45, 2.75) is 24.3 Å². The maximum atomic E-state index is 12.3. The number of hydrogen-bond donors (Lipinski definition) is 1.